The maximum absolute atomic E-state index is 11.3. The normalized spacial score (nSPS) is 17.2. The molecule has 0 spiro atoms. The molecule has 1 saturated carbocycles. The molecule has 190 valence electrons. The van der Waals surface area contributed by atoms with Crippen molar-refractivity contribution in [2.75, 3.05) is 5.32 Å². The Labute approximate surface area is 213 Å². The lowest BCUT2D eigenvalue weighted by atomic mass is 9.87. The molecule has 1 fully saturated rings. The minimum absolute atomic E-state index is 0.125. The van der Waals surface area contributed by atoms with Gasteiger partial charge in [0.1, 0.15) is 17.2 Å². The average molecular weight is 502 g/mol. The Morgan fingerprint density at radius 1 is 1.11 bits per heavy atom. The highest BCUT2D eigenvalue weighted by Crippen LogP contribution is 2.29. The first-order chi connectivity index (χ1) is 18.0. The molecule has 1 aliphatic rings. The number of benzene rings is 1. The number of para-hydroxylation sites is 1. The number of aromatic nitrogens is 6. The van der Waals surface area contributed by atoms with Gasteiger partial charge in [0.25, 0.3) is 0 Å². The summed E-state index contributed by atoms with van der Waals surface area (Å²) in [5.74, 6) is 1.02. The summed E-state index contributed by atoms with van der Waals surface area (Å²) in [6.45, 7) is 0.367. The van der Waals surface area contributed by atoms with Crippen LogP contribution in [-0.2, 0) is 18.4 Å². The quantitative estimate of drug-likeness (QED) is 0.345. The number of aryl methyl sites for hydroxylation is 1. The average Bonchev–Trinajstić information content (AvgIpc) is 3.29. The van der Waals surface area contributed by atoms with Crippen LogP contribution in [-0.4, -0.2) is 47.1 Å². The number of ether oxygens (including phenoxy) is 2. The van der Waals surface area contributed by atoms with E-state index < -0.39 is 5.97 Å². The van der Waals surface area contributed by atoms with Crippen molar-refractivity contribution in [3.8, 4) is 28.8 Å². The van der Waals surface area contributed by atoms with Gasteiger partial charge in [0.15, 0.2) is 0 Å². The molecule has 4 aromatic rings. The number of anilines is 1. The Hall–Kier alpha value is -4.54. The van der Waals surface area contributed by atoms with E-state index in [1.54, 1.807) is 23.1 Å². The zero-order valence-corrected chi connectivity index (χ0v) is 20.3. The first kappa shape index (κ1) is 24.2. The second-order valence-electron chi connectivity index (χ2n) is 8.82. The molecule has 11 nitrogen and oxygen atoms in total. The van der Waals surface area contributed by atoms with E-state index in [1.165, 1.54) is 0 Å². The van der Waals surface area contributed by atoms with E-state index in [0.717, 1.165) is 18.5 Å². The molecule has 37 heavy (non-hydrogen) atoms. The van der Waals surface area contributed by atoms with E-state index in [-0.39, 0.29) is 12.0 Å². The number of aliphatic carboxylic acids is 1. The van der Waals surface area contributed by atoms with Crippen LogP contribution in [0.5, 0.6) is 17.4 Å². The zero-order chi connectivity index (χ0) is 25.6. The molecule has 11 heteroatoms. The molecule has 1 aromatic carbocycles. The third-order valence-corrected chi connectivity index (χ3v) is 6.21. The number of nitrogens with zero attached hydrogens (tertiary/aromatic N) is 6. The second-order valence-corrected chi connectivity index (χ2v) is 8.82. The summed E-state index contributed by atoms with van der Waals surface area (Å²) in [5, 5.41) is 20.9. The zero-order valence-electron chi connectivity index (χ0n) is 20.3. The van der Waals surface area contributed by atoms with Gasteiger partial charge in [-0.05, 0) is 49.9 Å². The fourth-order valence-electron chi connectivity index (χ4n) is 4.29. The van der Waals surface area contributed by atoms with Crippen LogP contribution in [0.2, 0.25) is 0 Å². The molecule has 1 aliphatic carbocycles. The molecule has 0 radical (unpaired) electrons. The van der Waals surface area contributed by atoms with E-state index in [9.17, 15) is 9.90 Å². The van der Waals surface area contributed by atoms with Gasteiger partial charge in [-0.2, -0.15) is 4.98 Å². The summed E-state index contributed by atoms with van der Waals surface area (Å²) in [5.41, 5.74) is 2.07. The van der Waals surface area contributed by atoms with Crippen LogP contribution in [0.4, 0.5) is 5.95 Å². The number of hydrogen-bond acceptors (Lipinski definition) is 9. The number of carboxylic acid groups (broad SMARTS) is 1. The van der Waals surface area contributed by atoms with E-state index in [0.29, 0.717) is 54.1 Å². The highest BCUT2D eigenvalue weighted by molar-refractivity contribution is 5.70. The van der Waals surface area contributed by atoms with Crippen molar-refractivity contribution < 1.29 is 19.4 Å². The largest absolute Gasteiger partial charge is 0.489 e. The number of hydrogen-bond donors (Lipinski definition) is 2. The Kier molecular flexibility index (Phi) is 7.20. The lowest BCUT2D eigenvalue weighted by Crippen LogP contribution is -2.29. The van der Waals surface area contributed by atoms with Gasteiger partial charge in [0.2, 0.25) is 11.8 Å². The minimum atomic E-state index is -0.758. The van der Waals surface area contributed by atoms with Crippen LogP contribution < -0.4 is 14.8 Å². The molecule has 2 atom stereocenters. The van der Waals surface area contributed by atoms with Crippen molar-refractivity contribution in [2.45, 2.75) is 38.3 Å². The maximum Gasteiger partial charge on any atom is 0.306 e. The standard InChI is InChI=1S/C26H27N7O4/c1-33-22(16-29-26-27-13-12-23(30-26)37-18-7-3-2-4-8-18)24(31-32-33)21-11-10-20(15-28-21)36-19-9-5-6-17(14-19)25(34)35/h2-4,7-8,10-13,15,17,19H,5-6,9,14,16H2,1H3,(H,34,35)(H,27,29,30)/t17-,19-/m0/s1. The van der Waals surface area contributed by atoms with Crippen LogP contribution in [0.25, 0.3) is 11.4 Å². The van der Waals surface area contributed by atoms with Gasteiger partial charge in [-0.1, -0.05) is 23.4 Å². The fraction of sp³-hybridized carbons (Fsp3) is 0.308. The Bertz CT molecular complexity index is 1340. The fourth-order valence-corrected chi connectivity index (χ4v) is 4.29. The lowest BCUT2D eigenvalue weighted by Gasteiger charge is -2.27. The Morgan fingerprint density at radius 2 is 1.97 bits per heavy atom. The highest BCUT2D eigenvalue weighted by atomic mass is 16.5. The third-order valence-electron chi connectivity index (χ3n) is 6.21. The molecule has 2 N–H and O–H groups in total. The van der Waals surface area contributed by atoms with Gasteiger partial charge < -0.3 is 19.9 Å². The maximum atomic E-state index is 11.3. The first-order valence-corrected chi connectivity index (χ1v) is 12.1. The SMILES string of the molecule is Cn1nnc(-c2ccc(O[C@H]3CCC[C@H](C(=O)O)C3)cn2)c1CNc1nccc(Oc2ccccc2)n1. The summed E-state index contributed by atoms with van der Waals surface area (Å²) in [6, 6.07) is 14.8. The smallest absolute Gasteiger partial charge is 0.306 e. The van der Waals surface area contributed by atoms with Crippen LogP contribution in [0.15, 0.2) is 60.9 Å². The van der Waals surface area contributed by atoms with Crippen molar-refractivity contribution >= 4 is 11.9 Å². The molecule has 0 bridgehead atoms. The van der Waals surface area contributed by atoms with Crippen molar-refractivity contribution in [2.24, 2.45) is 13.0 Å². The monoisotopic (exact) mass is 501 g/mol. The van der Waals surface area contributed by atoms with Gasteiger partial charge in [-0.15, -0.1) is 5.10 Å². The van der Waals surface area contributed by atoms with Gasteiger partial charge in [0.05, 0.1) is 36.2 Å². The van der Waals surface area contributed by atoms with Gasteiger partial charge in [-0.3, -0.25) is 9.78 Å². The summed E-state index contributed by atoms with van der Waals surface area (Å²) in [7, 11) is 1.81. The third kappa shape index (κ3) is 6.00. The van der Waals surface area contributed by atoms with E-state index in [2.05, 4.69) is 30.6 Å². The molecule has 3 heterocycles. The predicted molar refractivity (Wildman–Crippen MR) is 134 cm³/mol. The number of carbonyl (C=O) groups is 1. The van der Waals surface area contributed by atoms with E-state index in [4.69, 9.17) is 9.47 Å². The molecule has 0 saturated heterocycles. The molecule has 0 unspecified atom stereocenters. The van der Waals surface area contributed by atoms with Crippen molar-refractivity contribution in [3.05, 3.63) is 66.6 Å². The van der Waals surface area contributed by atoms with Crippen molar-refractivity contribution in [3.63, 3.8) is 0 Å². The number of nitrogens with one attached hydrogen (secondary N) is 1. The van der Waals surface area contributed by atoms with Crippen LogP contribution in [0.3, 0.4) is 0 Å². The Morgan fingerprint density at radius 3 is 2.76 bits per heavy atom. The minimum Gasteiger partial charge on any atom is -0.489 e. The van der Waals surface area contributed by atoms with Gasteiger partial charge in [0, 0.05) is 19.3 Å². The molecular formula is C26H27N7O4. The second kappa shape index (κ2) is 11.0. The molecule has 0 aliphatic heterocycles. The number of rotatable bonds is 9. The summed E-state index contributed by atoms with van der Waals surface area (Å²) in [6.07, 6.45) is 6.03. The van der Waals surface area contributed by atoms with Crippen LogP contribution in [0.1, 0.15) is 31.4 Å². The van der Waals surface area contributed by atoms with E-state index in [1.807, 2.05) is 49.5 Å². The Balaban J connectivity index is 1.24. The topological polar surface area (TPSA) is 137 Å². The molecule has 0 amide bonds. The van der Waals surface area contributed by atoms with Gasteiger partial charge in [-0.25, -0.2) is 9.67 Å². The van der Waals surface area contributed by atoms with E-state index >= 15 is 0 Å². The summed E-state index contributed by atoms with van der Waals surface area (Å²) < 4.78 is 13.5. The van der Waals surface area contributed by atoms with Crippen molar-refractivity contribution in [1.82, 2.24) is 29.9 Å². The van der Waals surface area contributed by atoms with Crippen LogP contribution in [0, 0.1) is 5.92 Å². The van der Waals surface area contributed by atoms with Crippen molar-refractivity contribution in [1.29, 1.82) is 0 Å². The molecule has 5 rings (SSSR count). The predicted octanol–water partition coefficient (Wildman–Crippen LogP) is 4.09. The van der Waals surface area contributed by atoms with Crippen LogP contribution >= 0.6 is 0 Å². The first-order valence-electron chi connectivity index (χ1n) is 12.1. The highest BCUT2D eigenvalue weighted by Gasteiger charge is 2.28. The summed E-state index contributed by atoms with van der Waals surface area (Å²) in [4.78, 5) is 24.5. The summed E-state index contributed by atoms with van der Waals surface area (Å²) >= 11 is 0. The number of carboxylic acids is 1. The number of pyridine rings is 1. The molecule has 3 aromatic heterocycles. The molecular weight excluding hydrogens is 474 g/mol. The van der Waals surface area contributed by atoms with Gasteiger partial charge >= 0.3 is 5.97 Å². The lowest BCUT2D eigenvalue weighted by molar-refractivity contribution is -0.143.